The monoisotopic (exact) mass is 343 g/mol. The maximum absolute atomic E-state index is 12.2. The van der Waals surface area contributed by atoms with Crippen LogP contribution < -0.4 is 20.3 Å². The van der Waals surface area contributed by atoms with E-state index in [9.17, 15) is 9.59 Å². The lowest BCUT2D eigenvalue weighted by atomic mass is 10.1. The van der Waals surface area contributed by atoms with E-state index in [0.717, 1.165) is 5.56 Å². The van der Waals surface area contributed by atoms with E-state index in [2.05, 4.69) is 15.3 Å². The van der Waals surface area contributed by atoms with Gasteiger partial charge in [-0.05, 0) is 44.9 Å². The summed E-state index contributed by atoms with van der Waals surface area (Å²) < 4.78 is 10.6. The van der Waals surface area contributed by atoms with Gasteiger partial charge in [0.1, 0.15) is 5.82 Å². The zero-order valence-electron chi connectivity index (χ0n) is 14.5. The fourth-order valence-corrected chi connectivity index (χ4v) is 2.86. The van der Waals surface area contributed by atoms with Gasteiger partial charge in [-0.25, -0.2) is 4.98 Å². The van der Waals surface area contributed by atoms with Gasteiger partial charge in [0, 0.05) is 17.7 Å². The van der Waals surface area contributed by atoms with Crippen LogP contribution in [-0.4, -0.2) is 22.7 Å². The molecule has 1 amide bonds. The number of nitrogens with zero attached hydrogens (tertiary/aromatic N) is 1. The number of amides is 1. The number of hydrogen-bond acceptors (Lipinski definition) is 5. The highest BCUT2D eigenvalue weighted by atomic mass is 16.7. The molecule has 7 nitrogen and oxygen atoms in total. The van der Waals surface area contributed by atoms with E-state index in [4.69, 9.17) is 9.47 Å². The quantitative estimate of drug-likeness (QED) is 0.865. The van der Waals surface area contributed by atoms with Crippen molar-refractivity contribution in [2.75, 3.05) is 6.79 Å². The van der Waals surface area contributed by atoms with Crippen molar-refractivity contribution in [2.45, 2.75) is 39.7 Å². The number of fused-ring (bicyclic) bond motifs is 1. The van der Waals surface area contributed by atoms with Crippen molar-refractivity contribution in [3.05, 3.63) is 51.2 Å². The zero-order chi connectivity index (χ0) is 18.0. The third-order valence-electron chi connectivity index (χ3n) is 4.22. The van der Waals surface area contributed by atoms with E-state index >= 15 is 0 Å². The second-order valence-corrected chi connectivity index (χ2v) is 6.12. The van der Waals surface area contributed by atoms with E-state index in [0.29, 0.717) is 35.0 Å². The van der Waals surface area contributed by atoms with E-state index in [1.807, 2.05) is 25.1 Å². The molecule has 0 bridgehead atoms. The fraction of sp³-hybridized carbons (Fsp3) is 0.389. The van der Waals surface area contributed by atoms with Crippen LogP contribution in [0.4, 0.5) is 0 Å². The SMILES string of the molecule is Cc1nc(C)c(CCC(=O)N[C@H](C)c2ccc3c(c2)OCO3)c(=O)[nH]1. The number of aromatic nitrogens is 2. The number of benzene rings is 1. The second-order valence-electron chi connectivity index (χ2n) is 6.12. The lowest BCUT2D eigenvalue weighted by Gasteiger charge is -2.15. The number of nitrogens with one attached hydrogen (secondary N) is 2. The van der Waals surface area contributed by atoms with E-state index in [1.165, 1.54) is 0 Å². The Balaban J connectivity index is 1.60. The van der Waals surface area contributed by atoms with Crippen LogP contribution in [0.5, 0.6) is 11.5 Å². The van der Waals surface area contributed by atoms with Crippen LogP contribution in [0.1, 0.15) is 42.0 Å². The number of H-pyrrole nitrogens is 1. The highest BCUT2D eigenvalue weighted by Crippen LogP contribution is 2.34. The molecule has 7 heteroatoms. The van der Waals surface area contributed by atoms with Gasteiger partial charge in [0.05, 0.1) is 6.04 Å². The van der Waals surface area contributed by atoms with Crippen LogP contribution in [0.3, 0.4) is 0 Å². The van der Waals surface area contributed by atoms with Gasteiger partial charge in [0.25, 0.3) is 5.56 Å². The maximum atomic E-state index is 12.2. The molecule has 2 aromatic rings. The third kappa shape index (κ3) is 3.81. The summed E-state index contributed by atoms with van der Waals surface area (Å²) in [6.07, 6.45) is 0.581. The fourth-order valence-electron chi connectivity index (χ4n) is 2.86. The first kappa shape index (κ1) is 17.0. The molecular formula is C18H21N3O4. The Morgan fingerprint density at radius 1 is 1.32 bits per heavy atom. The summed E-state index contributed by atoms with van der Waals surface area (Å²) in [7, 11) is 0. The molecule has 1 aliphatic heterocycles. The molecular weight excluding hydrogens is 322 g/mol. The number of aromatic amines is 1. The molecule has 0 saturated heterocycles. The van der Waals surface area contributed by atoms with Gasteiger partial charge in [-0.1, -0.05) is 6.07 Å². The standard InChI is InChI=1S/C18H21N3O4/c1-10(13-4-6-15-16(8-13)25-9-24-15)20-17(22)7-5-14-11(2)19-12(3)21-18(14)23/h4,6,8,10H,5,7,9H2,1-3H3,(H,20,22)(H,19,21,23)/t10-/m1/s1. The van der Waals surface area contributed by atoms with Gasteiger partial charge in [0.15, 0.2) is 11.5 Å². The minimum Gasteiger partial charge on any atom is -0.454 e. The summed E-state index contributed by atoms with van der Waals surface area (Å²) in [6, 6.07) is 5.43. The molecule has 1 atom stereocenters. The van der Waals surface area contributed by atoms with Crippen LogP contribution in [0.2, 0.25) is 0 Å². The van der Waals surface area contributed by atoms with Crippen LogP contribution in [0.15, 0.2) is 23.0 Å². The van der Waals surface area contributed by atoms with Crippen molar-refractivity contribution in [2.24, 2.45) is 0 Å². The van der Waals surface area contributed by atoms with Crippen molar-refractivity contribution < 1.29 is 14.3 Å². The minimum absolute atomic E-state index is 0.121. The smallest absolute Gasteiger partial charge is 0.254 e. The number of carbonyl (C=O) groups excluding carboxylic acids is 1. The van der Waals surface area contributed by atoms with Crippen LogP contribution in [0, 0.1) is 13.8 Å². The summed E-state index contributed by atoms with van der Waals surface area (Å²) in [5.41, 5.74) is 1.97. The lowest BCUT2D eigenvalue weighted by molar-refractivity contribution is -0.121. The van der Waals surface area contributed by atoms with Gasteiger partial charge >= 0.3 is 0 Å². The number of aryl methyl sites for hydroxylation is 2. The molecule has 3 rings (SSSR count). The van der Waals surface area contributed by atoms with Crippen LogP contribution in [-0.2, 0) is 11.2 Å². The Morgan fingerprint density at radius 3 is 2.84 bits per heavy atom. The first-order chi connectivity index (χ1) is 11.9. The van der Waals surface area contributed by atoms with E-state index in [-0.39, 0.29) is 30.7 Å². The summed E-state index contributed by atoms with van der Waals surface area (Å²) in [4.78, 5) is 31.1. The van der Waals surface area contributed by atoms with Crippen molar-refractivity contribution in [1.82, 2.24) is 15.3 Å². The minimum atomic E-state index is -0.179. The molecule has 0 radical (unpaired) electrons. The lowest BCUT2D eigenvalue weighted by Crippen LogP contribution is -2.28. The Bertz CT molecular complexity index is 860. The van der Waals surface area contributed by atoms with E-state index in [1.54, 1.807) is 13.8 Å². The van der Waals surface area contributed by atoms with Crippen LogP contribution >= 0.6 is 0 Å². The Kier molecular flexibility index (Phi) is 4.74. The molecule has 1 aromatic heterocycles. The molecule has 132 valence electrons. The predicted octanol–water partition coefficient (Wildman–Crippen LogP) is 1.93. The number of carbonyl (C=O) groups is 1. The normalized spacial score (nSPS) is 13.6. The van der Waals surface area contributed by atoms with Crippen molar-refractivity contribution in [1.29, 1.82) is 0 Å². The highest BCUT2D eigenvalue weighted by Gasteiger charge is 2.17. The third-order valence-corrected chi connectivity index (χ3v) is 4.22. The highest BCUT2D eigenvalue weighted by molar-refractivity contribution is 5.76. The van der Waals surface area contributed by atoms with Gasteiger partial charge in [-0.2, -0.15) is 0 Å². The van der Waals surface area contributed by atoms with Crippen molar-refractivity contribution >= 4 is 5.91 Å². The van der Waals surface area contributed by atoms with Crippen LogP contribution in [0.25, 0.3) is 0 Å². The second kappa shape index (κ2) is 6.96. The average Bonchev–Trinajstić information content (AvgIpc) is 3.01. The van der Waals surface area contributed by atoms with Gasteiger partial charge in [0.2, 0.25) is 12.7 Å². The number of rotatable bonds is 5. The molecule has 0 saturated carbocycles. The molecule has 0 unspecified atom stereocenters. The average molecular weight is 343 g/mol. The van der Waals surface area contributed by atoms with Gasteiger partial charge < -0.3 is 19.8 Å². The summed E-state index contributed by atoms with van der Waals surface area (Å²) in [5.74, 6) is 1.85. The first-order valence-corrected chi connectivity index (χ1v) is 8.19. The molecule has 1 aromatic carbocycles. The van der Waals surface area contributed by atoms with Crippen molar-refractivity contribution in [3.8, 4) is 11.5 Å². The molecule has 25 heavy (non-hydrogen) atoms. The van der Waals surface area contributed by atoms with Gasteiger partial charge in [-0.15, -0.1) is 0 Å². The Hall–Kier alpha value is -2.83. The number of hydrogen-bond donors (Lipinski definition) is 2. The predicted molar refractivity (Wildman–Crippen MR) is 91.8 cm³/mol. The summed E-state index contributed by atoms with van der Waals surface area (Å²) in [5, 5.41) is 2.94. The van der Waals surface area contributed by atoms with E-state index < -0.39 is 0 Å². The summed E-state index contributed by atoms with van der Waals surface area (Å²) in [6.45, 7) is 5.64. The molecule has 0 fully saturated rings. The summed E-state index contributed by atoms with van der Waals surface area (Å²) >= 11 is 0. The Morgan fingerprint density at radius 2 is 2.08 bits per heavy atom. The molecule has 2 N–H and O–H groups in total. The number of ether oxygens (including phenoxy) is 2. The molecule has 1 aliphatic rings. The largest absolute Gasteiger partial charge is 0.454 e. The molecule has 0 aliphatic carbocycles. The van der Waals surface area contributed by atoms with Gasteiger partial charge in [-0.3, -0.25) is 9.59 Å². The molecule has 2 heterocycles. The first-order valence-electron chi connectivity index (χ1n) is 8.19. The van der Waals surface area contributed by atoms with Crippen molar-refractivity contribution in [3.63, 3.8) is 0 Å². The Labute approximate surface area is 145 Å². The molecule has 0 spiro atoms. The maximum Gasteiger partial charge on any atom is 0.254 e. The zero-order valence-corrected chi connectivity index (χ0v) is 14.5. The topological polar surface area (TPSA) is 93.3 Å².